The molecule has 0 aliphatic rings. The Hall–Kier alpha value is -3.76. The van der Waals surface area contributed by atoms with Gasteiger partial charge in [-0.3, -0.25) is 19.2 Å². The van der Waals surface area contributed by atoms with Crippen LogP contribution in [0.3, 0.4) is 0 Å². The van der Waals surface area contributed by atoms with Gasteiger partial charge in [0.15, 0.2) is 0 Å². The maximum atomic E-state index is 11.9. The van der Waals surface area contributed by atoms with Gasteiger partial charge in [0.25, 0.3) is 0 Å². The SMILES string of the molecule is O=C(CCCC(=O)OCc1ccccc1)NCCCNCCCCNCCCNC(=O)CCCC(=O)OCc1ccccc1. The van der Waals surface area contributed by atoms with Crippen molar-refractivity contribution in [2.24, 2.45) is 0 Å². The fourth-order valence-electron chi connectivity index (χ4n) is 4.22. The number of benzene rings is 2. The van der Waals surface area contributed by atoms with Crippen molar-refractivity contribution in [3.8, 4) is 0 Å². The highest BCUT2D eigenvalue weighted by molar-refractivity contribution is 5.77. The van der Waals surface area contributed by atoms with Crippen LogP contribution in [0.4, 0.5) is 0 Å². The van der Waals surface area contributed by atoms with E-state index in [1.165, 1.54) is 0 Å². The molecule has 0 spiro atoms. The number of amides is 2. The molecule has 0 fully saturated rings. The molecule has 0 atom stereocenters. The Balaban J connectivity index is 1.27. The fraction of sp³-hybridized carbons (Fsp3) is 0.529. The molecule has 2 aromatic carbocycles. The first-order valence-corrected chi connectivity index (χ1v) is 15.9. The number of nitrogens with one attached hydrogen (secondary N) is 4. The van der Waals surface area contributed by atoms with Gasteiger partial charge in [0.1, 0.15) is 13.2 Å². The van der Waals surface area contributed by atoms with Gasteiger partial charge in [-0.05, 0) is 75.8 Å². The number of rotatable bonds is 25. The van der Waals surface area contributed by atoms with Crippen LogP contribution in [0, 0.1) is 0 Å². The molecule has 0 bridgehead atoms. The van der Waals surface area contributed by atoms with Gasteiger partial charge >= 0.3 is 11.9 Å². The minimum Gasteiger partial charge on any atom is -0.461 e. The smallest absolute Gasteiger partial charge is 0.306 e. The lowest BCUT2D eigenvalue weighted by atomic mass is 10.2. The number of hydrogen-bond donors (Lipinski definition) is 4. The minimum atomic E-state index is -0.284. The van der Waals surface area contributed by atoms with E-state index < -0.39 is 0 Å². The van der Waals surface area contributed by atoms with E-state index in [1.807, 2.05) is 60.7 Å². The Labute approximate surface area is 262 Å². The molecule has 0 saturated carbocycles. The summed E-state index contributed by atoms with van der Waals surface area (Å²) in [6, 6.07) is 19.1. The van der Waals surface area contributed by atoms with Gasteiger partial charge in [0, 0.05) is 38.8 Å². The van der Waals surface area contributed by atoms with E-state index >= 15 is 0 Å². The number of hydrogen-bond acceptors (Lipinski definition) is 8. The number of carbonyl (C=O) groups is 4. The van der Waals surface area contributed by atoms with Gasteiger partial charge < -0.3 is 30.7 Å². The maximum absolute atomic E-state index is 11.9. The van der Waals surface area contributed by atoms with Crippen LogP contribution >= 0.6 is 0 Å². The topological polar surface area (TPSA) is 135 Å². The van der Waals surface area contributed by atoms with Gasteiger partial charge in [0.2, 0.25) is 11.8 Å². The van der Waals surface area contributed by atoms with Crippen LogP contribution in [-0.4, -0.2) is 63.0 Å². The number of unbranched alkanes of at least 4 members (excludes halogenated alkanes) is 1. The van der Waals surface area contributed by atoms with Crippen LogP contribution in [0.2, 0.25) is 0 Å². The molecule has 10 heteroatoms. The van der Waals surface area contributed by atoms with Gasteiger partial charge in [-0.15, -0.1) is 0 Å². The van der Waals surface area contributed by atoms with E-state index in [9.17, 15) is 19.2 Å². The summed E-state index contributed by atoms with van der Waals surface area (Å²) in [5.41, 5.74) is 1.90. The zero-order chi connectivity index (χ0) is 31.5. The highest BCUT2D eigenvalue weighted by Crippen LogP contribution is 2.05. The van der Waals surface area contributed by atoms with Gasteiger partial charge in [-0.25, -0.2) is 0 Å². The number of esters is 2. The maximum Gasteiger partial charge on any atom is 0.306 e. The van der Waals surface area contributed by atoms with E-state index in [4.69, 9.17) is 9.47 Å². The molecule has 2 amide bonds. The van der Waals surface area contributed by atoms with E-state index in [0.29, 0.717) is 38.8 Å². The molecule has 0 radical (unpaired) electrons. The third kappa shape index (κ3) is 20.2. The lowest BCUT2D eigenvalue weighted by molar-refractivity contribution is -0.146. The molecule has 2 rings (SSSR count). The quantitative estimate of drug-likeness (QED) is 0.0986. The monoisotopic (exact) mass is 610 g/mol. The van der Waals surface area contributed by atoms with Gasteiger partial charge in [-0.2, -0.15) is 0 Å². The van der Waals surface area contributed by atoms with Crippen molar-refractivity contribution in [2.75, 3.05) is 39.3 Å². The van der Waals surface area contributed by atoms with E-state index in [-0.39, 0.29) is 49.8 Å². The molecule has 242 valence electrons. The van der Waals surface area contributed by atoms with Crippen LogP contribution in [0.15, 0.2) is 60.7 Å². The van der Waals surface area contributed by atoms with Gasteiger partial charge in [-0.1, -0.05) is 60.7 Å². The minimum absolute atomic E-state index is 0.0387. The second-order valence-corrected chi connectivity index (χ2v) is 10.6. The molecule has 44 heavy (non-hydrogen) atoms. The molecule has 0 heterocycles. The normalized spacial score (nSPS) is 10.6. The van der Waals surface area contributed by atoms with E-state index in [2.05, 4.69) is 21.3 Å². The molecule has 4 N–H and O–H groups in total. The predicted octanol–water partition coefficient (Wildman–Crippen LogP) is 3.79. The molecule has 0 saturated heterocycles. The third-order valence-corrected chi connectivity index (χ3v) is 6.72. The summed E-state index contributed by atoms with van der Waals surface area (Å²) in [4.78, 5) is 47.5. The Morgan fingerprint density at radius 3 is 1.25 bits per heavy atom. The summed E-state index contributed by atoms with van der Waals surface area (Å²) in [6.45, 7) is 5.29. The second-order valence-electron chi connectivity index (χ2n) is 10.6. The molecule has 0 aromatic heterocycles. The Kier molecular flexibility index (Phi) is 20.4. The van der Waals surface area contributed by atoms with Crippen molar-refractivity contribution < 1.29 is 28.7 Å². The summed E-state index contributed by atoms with van der Waals surface area (Å²) in [6.07, 6.45) is 5.91. The number of carbonyl (C=O) groups excluding carboxylic acids is 4. The fourth-order valence-corrected chi connectivity index (χ4v) is 4.22. The Morgan fingerprint density at radius 1 is 0.455 bits per heavy atom. The molecular formula is C34H50N4O6. The van der Waals surface area contributed by atoms with Crippen LogP contribution in [0.1, 0.15) is 75.3 Å². The van der Waals surface area contributed by atoms with Gasteiger partial charge in [0.05, 0.1) is 0 Å². The molecule has 0 unspecified atom stereocenters. The van der Waals surface area contributed by atoms with Crippen LogP contribution < -0.4 is 21.3 Å². The van der Waals surface area contributed by atoms with Crippen molar-refractivity contribution in [1.29, 1.82) is 0 Å². The second kappa shape index (κ2) is 24.7. The van der Waals surface area contributed by atoms with Crippen molar-refractivity contribution >= 4 is 23.8 Å². The highest BCUT2D eigenvalue weighted by atomic mass is 16.5. The van der Waals surface area contributed by atoms with Crippen molar-refractivity contribution in [3.63, 3.8) is 0 Å². The zero-order valence-electron chi connectivity index (χ0n) is 26.0. The predicted molar refractivity (Wildman–Crippen MR) is 170 cm³/mol. The summed E-state index contributed by atoms with van der Waals surface area (Å²) < 4.78 is 10.4. The first-order valence-electron chi connectivity index (χ1n) is 15.9. The average Bonchev–Trinajstić information content (AvgIpc) is 3.04. The molecule has 0 aliphatic heterocycles. The highest BCUT2D eigenvalue weighted by Gasteiger charge is 2.08. The Bertz CT molecular complexity index is 982. The lowest BCUT2D eigenvalue weighted by Gasteiger charge is -2.08. The van der Waals surface area contributed by atoms with Crippen LogP contribution in [-0.2, 0) is 41.9 Å². The van der Waals surface area contributed by atoms with Crippen LogP contribution in [0.5, 0.6) is 0 Å². The summed E-state index contributed by atoms with van der Waals surface area (Å²) in [5, 5.41) is 12.6. The molecule has 10 nitrogen and oxygen atoms in total. The number of ether oxygens (including phenoxy) is 2. The first-order chi connectivity index (χ1) is 21.5. The zero-order valence-corrected chi connectivity index (χ0v) is 26.0. The summed E-state index contributed by atoms with van der Waals surface area (Å²) >= 11 is 0. The molecular weight excluding hydrogens is 560 g/mol. The standard InChI is InChI=1S/C34H50N4O6/c39-31(17-9-19-33(41)43-27-29-13-3-1-4-14-29)37-25-11-23-35-21-7-8-22-36-24-12-26-38-32(40)18-10-20-34(42)44-28-30-15-5-2-6-16-30/h1-6,13-16,35-36H,7-12,17-28H2,(H,37,39)(H,38,40). The molecule has 2 aromatic rings. The van der Waals surface area contributed by atoms with Crippen molar-refractivity contribution in [1.82, 2.24) is 21.3 Å². The van der Waals surface area contributed by atoms with Crippen molar-refractivity contribution in [3.05, 3.63) is 71.8 Å². The summed E-state index contributed by atoms with van der Waals surface area (Å²) in [5.74, 6) is -0.645. The van der Waals surface area contributed by atoms with E-state index in [1.54, 1.807) is 0 Å². The average molecular weight is 611 g/mol. The first kappa shape index (κ1) is 36.4. The lowest BCUT2D eigenvalue weighted by Crippen LogP contribution is -2.28. The van der Waals surface area contributed by atoms with E-state index in [0.717, 1.165) is 63.0 Å². The van der Waals surface area contributed by atoms with Crippen molar-refractivity contribution in [2.45, 2.75) is 77.4 Å². The summed E-state index contributed by atoms with van der Waals surface area (Å²) in [7, 11) is 0. The largest absolute Gasteiger partial charge is 0.461 e. The molecule has 0 aliphatic carbocycles. The van der Waals surface area contributed by atoms with Crippen LogP contribution in [0.25, 0.3) is 0 Å². The third-order valence-electron chi connectivity index (χ3n) is 6.72. The Morgan fingerprint density at radius 2 is 0.841 bits per heavy atom.